The average molecular weight is 235 g/mol. The van der Waals surface area contributed by atoms with E-state index in [1.807, 2.05) is 0 Å². The predicted molar refractivity (Wildman–Crippen MR) is 60.9 cm³/mol. The number of nitrogens with zero attached hydrogens (tertiary/aromatic N) is 1. The lowest BCUT2D eigenvalue weighted by Crippen LogP contribution is -2.50. The molecular formula is C9H21N3O2S. The second kappa shape index (κ2) is 5.79. The van der Waals surface area contributed by atoms with Crippen molar-refractivity contribution in [3.8, 4) is 0 Å². The highest BCUT2D eigenvalue weighted by atomic mass is 32.2. The van der Waals surface area contributed by atoms with Gasteiger partial charge in [0.05, 0.1) is 0 Å². The summed E-state index contributed by atoms with van der Waals surface area (Å²) in [7, 11) is -1.78. The molecule has 1 fully saturated rings. The molecule has 1 aliphatic rings. The molecule has 0 saturated carbocycles. The molecular weight excluding hydrogens is 214 g/mol. The Morgan fingerprint density at radius 3 is 2.80 bits per heavy atom. The van der Waals surface area contributed by atoms with Gasteiger partial charge < -0.3 is 5.32 Å². The van der Waals surface area contributed by atoms with Crippen molar-refractivity contribution < 1.29 is 8.42 Å². The van der Waals surface area contributed by atoms with Crippen LogP contribution in [-0.2, 0) is 10.2 Å². The van der Waals surface area contributed by atoms with E-state index in [1.165, 1.54) is 11.4 Å². The van der Waals surface area contributed by atoms with E-state index >= 15 is 0 Å². The van der Waals surface area contributed by atoms with Crippen molar-refractivity contribution in [2.75, 3.05) is 26.7 Å². The topological polar surface area (TPSA) is 61.4 Å². The number of piperidine rings is 1. The summed E-state index contributed by atoms with van der Waals surface area (Å²) in [5, 5.41) is 3.36. The van der Waals surface area contributed by atoms with Crippen LogP contribution in [0.15, 0.2) is 0 Å². The van der Waals surface area contributed by atoms with E-state index in [2.05, 4.69) is 17.0 Å². The van der Waals surface area contributed by atoms with Crippen LogP contribution in [0.5, 0.6) is 0 Å². The SMILES string of the molecule is CCCNC1CCCN(S(=O)(=O)NC)C1. The van der Waals surface area contributed by atoms with E-state index in [4.69, 9.17) is 0 Å². The van der Waals surface area contributed by atoms with Crippen molar-refractivity contribution in [3.63, 3.8) is 0 Å². The maximum Gasteiger partial charge on any atom is 0.279 e. The lowest BCUT2D eigenvalue weighted by Gasteiger charge is -2.31. The van der Waals surface area contributed by atoms with Gasteiger partial charge in [-0.1, -0.05) is 6.92 Å². The van der Waals surface area contributed by atoms with Gasteiger partial charge in [0.2, 0.25) is 0 Å². The summed E-state index contributed by atoms with van der Waals surface area (Å²) in [5.74, 6) is 0. The molecule has 0 aromatic rings. The Balaban J connectivity index is 2.49. The Labute approximate surface area is 92.4 Å². The zero-order valence-corrected chi connectivity index (χ0v) is 10.3. The Bertz CT molecular complexity index is 279. The average Bonchev–Trinajstić information content (AvgIpc) is 2.27. The standard InChI is InChI=1S/C9H21N3O2S/c1-3-6-11-9-5-4-7-12(8-9)15(13,14)10-2/h9-11H,3-8H2,1-2H3. The fourth-order valence-corrected chi connectivity index (χ4v) is 2.81. The zero-order valence-electron chi connectivity index (χ0n) is 9.49. The van der Waals surface area contributed by atoms with Crippen molar-refractivity contribution in [1.29, 1.82) is 0 Å². The van der Waals surface area contributed by atoms with Gasteiger partial charge in [0.25, 0.3) is 10.2 Å². The molecule has 1 aliphatic heterocycles. The molecule has 0 amide bonds. The van der Waals surface area contributed by atoms with Crippen LogP contribution in [0, 0.1) is 0 Å². The molecule has 0 spiro atoms. The molecule has 0 radical (unpaired) electrons. The molecule has 0 aromatic heterocycles. The van der Waals surface area contributed by atoms with Crippen molar-refractivity contribution in [2.45, 2.75) is 32.2 Å². The van der Waals surface area contributed by atoms with Gasteiger partial charge in [0.15, 0.2) is 0 Å². The van der Waals surface area contributed by atoms with E-state index in [9.17, 15) is 8.42 Å². The molecule has 0 aliphatic carbocycles. The number of hydrogen-bond acceptors (Lipinski definition) is 3. The van der Waals surface area contributed by atoms with Gasteiger partial charge in [0.1, 0.15) is 0 Å². The highest BCUT2D eigenvalue weighted by Crippen LogP contribution is 2.12. The minimum atomic E-state index is -3.24. The van der Waals surface area contributed by atoms with Crippen molar-refractivity contribution in [1.82, 2.24) is 14.3 Å². The van der Waals surface area contributed by atoms with Crippen LogP contribution < -0.4 is 10.0 Å². The minimum absolute atomic E-state index is 0.307. The Morgan fingerprint density at radius 1 is 1.47 bits per heavy atom. The summed E-state index contributed by atoms with van der Waals surface area (Å²) < 4.78 is 27.0. The van der Waals surface area contributed by atoms with Gasteiger partial charge in [-0.05, 0) is 25.8 Å². The Morgan fingerprint density at radius 2 is 2.20 bits per heavy atom. The maximum atomic E-state index is 11.6. The number of nitrogens with one attached hydrogen (secondary N) is 2. The van der Waals surface area contributed by atoms with Gasteiger partial charge >= 0.3 is 0 Å². The Hall–Kier alpha value is -0.170. The second-order valence-corrected chi connectivity index (χ2v) is 5.74. The Kier molecular flexibility index (Phi) is 4.98. The summed E-state index contributed by atoms with van der Waals surface area (Å²) >= 11 is 0. The summed E-state index contributed by atoms with van der Waals surface area (Å²) in [6, 6.07) is 0.307. The second-order valence-electron chi connectivity index (χ2n) is 3.86. The molecule has 0 bridgehead atoms. The summed E-state index contributed by atoms with van der Waals surface area (Å²) in [6.45, 7) is 4.28. The first-order valence-corrected chi connectivity index (χ1v) is 6.96. The fourth-order valence-electron chi connectivity index (χ4n) is 1.80. The monoisotopic (exact) mass is 235 g/mol. The zero-order chi connectivity index (χ0) is 11.3. The smallest absolute Gasteiger partial charge is 0.279 e. The fraction of sp³-hybridized carbons (Fsp3) is 1.00. The van der Waals surface area contributed by atoms with E-state index in [0.717, 1.165) is 25.8 Å². The van der Waals surface area contributed by atoms with E-state index in [1.54, 1.807) is 0 Å². The first kappa shape index (κ1) is 12.9. The van der Waals surface area contributed by atoms with Crippen molar-refractivity contribution >= 4 is 10.2 Å². The van der Waals surface area contributed by atoms with Gasteiger partial charge in [-0.3, -0.25) is 0 Å². The third kappa shape index (κ3) is 3.71. The van der Waals surface area contributed by atoms with Gasteiger partial charge in [-0.15, -0.1) is 0 Å². The largest absolute Gasteiger partial charge is 0.313 e. The van der Waals surface area contributed by atoms with E-state index in [0.29, 0.717) is 19.1 Å². The molecule has 15 heavy (non-hydrogen) atoms. The molecule has 1 unspecified atom stereocenters. The van der Waals surface area contributed by atoms with Gasteiger partial charge in [-0.2, -0.15) is 12.7 Å². The van der Waals surface area contributed by atoms with Crippen molar-refractivity contribution in [3.05, 3.63) is 0 Å². The summed E-state index contributed by atoms with van der Waals surface area (Å²) in [6.07, 6.45) is 3.08. The molecule has 6 heteroatoms. The highest BCUT2D eigenvalue weighted by molar-refractivity contribution is 7.87. The van der Waals surface area contributed by atoms with Crippen LogP contribution in [0.2, 0.25) is 0 Å². The molecule has 1 rings (SSSR count). The molecule has 0 aromatic carbocycles. The predicted octanol–water partition coefficient (Wildman–Crippen LogP) is -0.0854. The third-order valence-electron chi connectivity index (χ3n) is 2.67. The lowest BCUT2D eigenvalue weighted by molar-refractivity contribution is 0.282. The van der Waals surface area contributed by atoms with Crippen LogP contribution in [0.25, 0.3) is 0 Å². The first-order valence-electron chi connectivity index (χ1n) is 5.52. The number of rotatable bonds is 5. The molecule has 90 valence electrons. The highest BCUT2D eigenvalue weighted by Gasteiger charge is 2.27. The normalized spacial score (nSPS) is 24.3. The van der Waals surface area contributed by atoms with Gasteiger partial charge in [-0.25, -0.2) is 4.72 Å². The molecule has 2 N–H and O–H groups in total. The van der Waals surface area contributed by atoms with Crippen LogP contribution in [0.3, 0.4) is 0 Å². The molecule has 1 atom stereocenters. The maximum absolute atomic E-state index is 11.6. The molecule has 1 heterocycles. The van der Waals surface area contributed by atoms with E-state index < -0.39 is 10.2 Å². The van der Waals surface area contributed by atoms with Crippen LogP contribution in [-0.4, -0.2) is 45.4 Å². The lowest BCUT2D eigenvalue weighted by atomic mass is 10.1. The molecule has 1 saturated heterocycles. The quantitative estimate of drug-likeness (QED) is 0.700. The van der Waals surface area contributed by atoms with Crippen LogP contribution in [0.1, 0.15) is 26.2 Å². The minimum Gasteiger partial charge on any atom is -0.313 e. The van der Waals surface area contributed by atoms with Crippen LogP contribution >= 0.6 is 0 Å². The number of hydrogen-bond donors (Lipinski definition) is 2. The van der Waals surface area contributed by atoms with Gasteiger partial charge in [0, 0.05) is 26.2 Å². The third-order valence-corrected chi connectivity index (χ3v) is 4.19. The molecule has 5 nitrogen and oxygen atoms in total. The summed E-state index contributed by atoms with van der Waals surface area (Å²) in [4.78, 5) is 0. The van der Waals surface area contributed by atoms with Crippen LogP contribution in [0.4, 0.5) is 0 Å². The first-order chi connectivity index (χ1) is 7.10. The van der Waals surface area contributed by atoms with E-state index in [-0.39, 0.29) is 0 Å². The van der Waals surface area contributed by atoms with Crippen molar-refractivity contribution in [2.24, 2.45) is 0 Å². The summed E-state index contributed by atoms with van der Waals surface area (Å²) in [5.41, 5.74) is 0.